The van der Waals surface area contributed by atoms with Gasteiger partial charge in [-0.2, -0.15) is 4.31 Å². The average molecular weight is 390 g/mol. The molecule has 2 aliphatic heterocycles. The van der Waals surface area contributed by atoms with Crippen LogP contribution in [0.4, 0.5) is 4.39 Å². The van der Waals surface area contributed by atoms with Gasteiger partial charge in [-0.25, -0.2) is 12.8 Å². The van der Waals surface area contributed by atoms with Gasteiger partial charge in [0.2, 0.25) is 10.0 Å². The number of hydrogen-bond donors (Lipinski definition) is 0. The van der Waals surface area contributed by atoms with E-state index in [-0.39, 0.29) is 11.6 Å². The van der Waals surface area contributed by atoms with Crippen molar-refractivity contribution in [3.8, 4) is 5.75 Å². The molecule has 0 bridgehead atoms. The molecule has 1 fully saturated rings. The molecule has 4 rings (SSSR count). The summed E-state index contributed by atoms with van der Waals surface area (Å²) in [5.41, 5.74) is 3.11. The molecule has 1 saturated heterocycles. The van der Waals surface area contributed by atoms with Crippen molar-refractivity contribution in [1.29, 1.82) is 0 Å². The maximum atomic E-state index is 13.0. The molecule has 2 aromatic carbocycles. The zero-order valence-electron chi connectivity index (χ0n) is 15.1. The van der Waals surface area contributed by atoms with Gasteiger partial charge in [0.1, 0.15) is 11.6 Å². The lowest BCUT2D eigenvalue weighted by Gasteiger charge is -2.34. The van der Waals surface area contributed by atoms with E-state index in [2.05, 4.69) is 17.0 Å². The van der Waals surface area contributed by atoms with Crippen LogP contribution in [-0.4, -0.2) is 50.4 Å². The van der Waals surface area contributed by atoms with Gasteiger partial charge in [-0.1, -0.05) is 24.3 Å². The Kier molecular flexibility index (Phi) is 5.16. The maximum Gasteiger partial charge on any atom is 0.218 e. The van der Waals surface area contributed by atoms with E-state index in [9.17, 15) is 12.8 Å². The van der Waals surface area contributed by atoms with Gasteiger partial charge in [0, 0.05) is 39.1 Å². The number of halogens is 1. The van der Waals surface area contributed by atoms with E-state index in [1.165, 1.54) is 35.4 Å². The number of ether oxygens (including phenoxy) is 1. The Balaban J connectivity index is 1.33. The van der Waals surface area contributed by atoms with Gasteiger partial charge >= 0.3 is 0 Å². The maximum absolute atomic E-state index is 13.0. The first-order valence-electron chi connectivity index (χ1n) is 9.19. The molecule has 0 radical (unpaired) electrons. The molecular formula is C20H23FN2O3S. The van der Waals surface area contributed by atoms with Crippen LogP contribution in [0.5, 0.6) is 5.75 Å². The second-order valence-electron chi connectivity index (χ2n) is 7.10. The van der Waals surface area contributed by atoms with Gasteiger partial charge < -0.3 is 4.74 Å². The molecule has 2 aliphatic rings. The van der Waals surface area contributed by atoms with Crippen molar-refractivity contribution >= 4 is 10.0 Å². The topological polar surface area (TPSA) is 49.9 Å². The molecule has 144 valence electrons. The van der Waals surface area contributed by atoms with Crippen LogP contribution >= 0.6 is 0 Å². The number of sulfonamides is 1. The molecule has 0 amide bonds. The smallest absolute Gasteiger partial charge is 0.218 e. The number of piperazine rings is 1. The second kappa shape index (κ2) is 7.58. The van der Waals surface area contributed by atoms with E-state index in [0.717, 1.165) is 25.3 Å². The minimum Gasteiger partial charge on any atom is -0.493 e. The predicted octanol–water partition coefficient (Wildman–Crippen LogP) is 2.41. The van der Waals surface area contributed by atoms with Gasteiger partial charge in [0.15, 0.2) is 0 Å². The quantitative estimate of drug-likeness (QED) is 0.787. The zero-order valence-corrected chi connectivity index (χ0v) is 15.9. The van der Waals surface area contributed by atoms with E-state index < -0.39 is 10.0 Å². The van der Waals surface area contributed by atoms with Crippen molar-refractivity contribution in [1.82, 2.24) is 9.21 Å². The van der Waals surface area contributed by atoms with Crippen LogP contribution in [0.25, 0.3) is 0 Å². The molecule has 5 nitrogen and oxygen atoms in total. The number of nitrogens with zero attached hydrogens (tertiary/aromatic N) is 2. The fraction of sp³-hybridized carbons (Fsp3) is 0.400. The normalized spacial score (nSPS) is 18.3. The van der Waals surface area contributed by atoms with Gasteiger partial charge in [0.25, 0.3) is 0 Å². The minimum atomic E-state index is -3.39. The van der Waals surface area contributed by atoms with Crippen LogP contribution in [0.15, 0.2) is 42.5 Å². The highest BCUT2D eigenvalue weighted by molar-refractivity contribution is 7.88. The Labute approximate surface area is 159 Å². The lowest BCUT2D eigenvalue weighted by atomic mass is 10.1. The van der Waals surface area contributed by atoms with Crippen molar-refractivity contribution < 1.29 is 17.5 Å². The van der Waals surface area contributed by atoms with Crippen LogP contribution in [0.3, 0.4) is 0 Å². The van der Waals surface area contributed by atoms with Gasteiger partial charge in [0.05, 0.1) is 12.4 Å². The summed E-state index contributed by atoms with van der Waals surface area (Å²) < 4.78 is 45.3. The molecular weight excluding hydrogens is 367 g/mol. The first-order chi connectivity index (χ1) is 13.0. The summed E-state index contributed by atoms with van der Waals surface area (Å²) in [6, 6.07) is 12.0. The Hall–Kier alpha value is -1.96. The summed E-state index contributed by atoms with van der Waals surface area (Å²) in [6.07, 6.45) is 0.957. The average Bonchev–Trinajstić information content (AvgIpc) is 3.12. The highest BCUT2D eigenvalue weighted by Crippen LogP contribution is 2.26. The highest BCUT2D eigenvalue weighted by Gasteiger charge is 2.27. The van der Waals surface area contributed by atoms with E-state index in [0.29, 0.717) is 31.7 Å². The van der Waals surface area contributed by atoms with E-state index >= 15 is 0 Å². The van der Waals surface area contributed by atoms with E-state index in [1.807, 2.05) is 6.07 Å². The van der Waals surface area contributed by atoms with Crippen LogP contribution in [0.1, 0.15) is 16.7 Å². The Morgan fingerprint density at radius 1 is 0.963 bits per heavy atom. The van der Waals surface area contributed by atoms with Gasteiger partial charge in [-0.05, 0) is 34.9 Å². The number of hydrogen-bond acceptors (Lipinski definition) is 4. The third-order valence-corrected chi connectivity index (χ3v) is 7.00. The molecule has 0 aliphatic carbocycles. The molecule has 0 N–H and O–H groups in total. The molecule has 0 unspecified atom stereocenters. The number of benzene rings is 2. The summed E-state index contributed by atoms with van der Waals surface area (Å²) in [5, 5.41) is 0. The third-order valence-electron chi connectivity index (χ3n) is 5.15. The fourth-order valence-electron chi connectivity index (χ4n) is 3.64. The van der Waals surface area contributed by atoms with Crippen molar-refractivity contribution in [3.63, 3.8) is 0 Å². The van der Waals surface area contributed by atoms with E-state index in [4.69, 9.17) is 4.74 Å². The van der Waals surface area contributed by atoms with Crippen molar-refractivity contribution in [3.05, 3.63) is 65.0 Å². The lowest BCUT2D eigenvalue weighted by molar-refractivity contribution is 0.181. The Bertz CT molecular complexity index is 907. The Morgan fingerprint density at radius 3 is 2.41 bits per heavy atom. The molecule has 2 heterocycles. The summed E-state index contributed by atoms with van der Waals surface area (Å²) in [4.78, 5) is 2.28. The van der Waals surface area contributed by atoms with Crippen LogP contribution < -0.4 is 4.74 Å². The second-order valence-corrected chi connectivity index (χ2v) is 9.07. The monoisotopic (exact) mass is 390 g/mol. The molecule has 0 saturated carbocycles. The third kappa shape index (κ3) is 4.31. The fourth-order valence-corrected chi connectivity index (χ4v) is 5.16. The minimum absolute atomic E-state index is 0.0852. The van der Waals surface area contributed by atoms with Crippen LogP contribution in [-0.2, 0) is 28.7 Å². The van der Waals surface area contributed by atoms with Crippen LogP contribution in [0.2, 0.25) is 0 Å². The Morgan fingerprint density at radius 2 is 1.67 bits per heavy atom. The summed E-state index contributed by atoms with van der Waals surface area (Å²) in [7, 11) is -3.39. The van der Waals surface area contributed by atoms with Gasteiger partial charge in [-0.15, -0.1) is 0 Å². The molecule has 2 aromatic rings. The molecule has 0 aromatic heterocycles. The van der Waals surface area contributed by atoms with E-state index in [1.54, 1.807) is 4.31 Å². The standard InChI is InChI=1S/C20H23FN2O3S/c21-19-4-1-16(2-5-19)15-27(24,25)23-10-8-22(9-11-23)14-17-3-6-20-18(13-17)7-12-26-20/h1-6,13H,7-12,14-15H2. The summed E-state index contributed by atoms with van der Waals surface area (Å²) in [5.74, 6) is 0.538. The molecule has 7 heteroatoms. The molecule has 0 spiro atoms. The highest BCUT2D eigenvalue weighted by atomic mass is 32.2. The van der Waals surface area contributed by atoms with Crippen molar-refractivity contribution in [2.24, 2.45) is 0 Å². The molecule has 0 atom stereocenters. The largest absolute Gasteiger partial charge is 0.493 e. The first-order valence-corrected chi connectivity index (χ1v) is 10.8. The van der Waals surface area contributed by atoms with Crippen LogP contribution in [0, 0.1) is 5.82 Å². The lowest BCUT2D eigenvalue weighted by Crippen LogP contribution is -2.48. The summed E-state index contributed by atoms with van der Waals surface area (Å²) >= 11 is 0. The summed E-state index contributed by atoms with van der Waals surface area (Å²) in [6.45, 7) is 3.95. The van der Waals surface area contributed by atoms with Crippen molar-refractivity contribution in [2.75, 3.05) is 32.8 Å². The molecule has 27 heavy (non-hydrogen) atoms. The van der Waals surface area contributed by atoms with Crippen molar-refractivity contribution in [2.45, 2.75) is 18.7 Å². The number of rotatable bonds is 5. The van der Waals surface area contributed by atoms with Gasteiger partial charge in [-0.3, -0.25) is 4.90 Å². The predicted molar refractivity (Wildman–Crippen MR) is 102 cm³/mol. The number of fused-ring (bicyclic) bond motifs is 1. The first kappa shape index (κ1) is 18.4. The zero-order chi connectivity index (χ0) is 18.9. The SMILES string of the molecule is O=S(=O)(Cc1ccc(F)cc1)N1CCN(Cc2ccc3c(c2)CCO3)CC1.